The highest BCUT2D eigenvalue weighted by molar-refractivity contribution is 7.92. The maximum absolute atomic E-state index is 12.6. The van der Waals surface area contributed by atoms with Crippen LogP contribution in [0, 0.1) is 0 Å². The standard InChI is InChI=1S/C26H29N3O5S/c1-26(2,3)22-15-20(29-11-10-23(30)27-25(29)31)14-21(24(22)34-4)18-7-6-17-13-19(28-35(5,32)33)9-8-16(17)12-18/h6-15,23,28,30H,1-5H3,(H,27,31). The Morgan fingerprint density at radius 3 is 2.37 bits per heavy atom. The topological polar surface area (TPSA) is 108 Å². The first-order valence-corrected chi connectivity index (χ1v) is 13.0. The van der Waals surface area contributed by atoms with Crippen LogP contribution in [0.4, 0.5) is 16.2 Å². The van der Waals surface area contributed by atoms with E-state index in [2.05, 4.69) is 30.8 Å². The Balaban J connectivity index is 1.88. The number of aliphatic hydroxyl groups is 1. The molecule has 0 bridgehead atoms. The number of carbonyl (C=O) groups is 1. The second-order valence-electron chi connectivity index (χ2n) is 9.58. The molecule has 4 rings (SSSR count). The van der Waals surface area contributed by atoms with Crippen LogP contribution in [0.1, 0.15) is 26.3 Å². The average Bonchev–Trinajstić information content (AvgIpc) is 2.76. The average molecular weight is 496 g/mol. The molecule has 1 aliphatic rings. The number of sulfonamides is 1. The van der Waals surface area contributed by atoms with Gasteiger partial charge in [-0.05, 0) is 58.2 Å². The van der Waals surface area contributed by atoms with Gasteiger partial charge in [0.25, 0.3) is 0 Å². The third-order valence-electron chi connectivity index (χ3n) is 5.73. The molecule has 0 fully saturated rings. The van der Waals surface area contributed by atoms with Gasteiger partial charge in [-0.1, -0.05) is 39.0 Å². The van der Waals surface area contributed by atoms with Gasteiger partial charge < -0.3 is 15.2 Å². The summed E-state index contributed by atoms with van der Waals surface area (Å²) in [5, 5.41) is 14.0. The van der Waals surface area contributed by atoms with Crippen LogP contribution in [0.3, 0.4) is 0 Å². The van der Waals surface area contributed by atoms with Crippen molar-refractivity contribution in [3.63, 3.8) is 0 Å². The molecule has 0 saturated carbocycles. The number of nitrogens with zero attached hydrogens (tertiary/aromatic N) is 1. The molecular weight excluding hydrogens is 466 g/mol. The zero-order valence-electron chi connectivity index (χ0n) is 20.3. The Hall–Kier alpha value is -3.56. The third kappa shape index (κ3) is 5.26. The molecule has 0 aromatic heterocycles. The number of methoxy groups -OCH3 is 1. The number of rotatable bonds is 5. The molecule has 1 heterocycles. The van der Waals surface area contributed by atoms with E-state index in [4.69, 9.17) is 4.74 Å². The van der Waals surface area contributed by atoms with Crippen molar-refractivity contribution in [1.29, 1.82) is 0 Å². The van der Waals surface area contributed by atoms with Crippen molar-refractivity contribution in [1.82, 2.24) is 5.32 Å². The highest BCUT2D eigenvalue weighted by Crippen LogP contribution is 2.43. The fourth-order valence-corrected chi connectivity index (χ4v) is 4.67. The van der Waals surface area contributed by atoms with E-state index in [1.165, 1.54) is 11.0 Å². The van der Waals surface area contributed by atoms with Gasteiger partial charge in [-0.3, -0.25) is 9.62 Å². The number of nitrogens with one attached hydrogen (secondary N) is 2. The van der Waals surface area contributed by atoms with Gasteiger partial charge in [0.2, 0.25) is 10.0 Å². The third-order valence-corrected chi connectivity index (χ3v) is 6.33. The number of ether oxygens (including phenoxy) is 1. The van der Waals surface area contributed by atoms with Crippen molar-refractivity contribution >= 4 is 38.2 Å². The molecule has 3 aromatic rings. The maximum Gasteiger partial charge on any atom is 0.328 e. The normalized spacial score (nSPS) is 16.3. The molecular formula is C26H29N3O5S. The SMILES string of the molecule is COc1c(-c2ccc3cc(NS(C)(=O)=O)ccc3c2)cc(N2C=CC(O)NC2=O)cc1C(C)(C)C. The molecule has 2 amide bonds. The summed E-state index contributed by atoms with van der Waals surface area (Å²) in [5.41, 5.74) is 3.46. The molecule has 35 heavy (non-hydrogen) atoms. The number of benzene rings is 3. The minimum Gasteiger partial charge on any atom is -0.496 e. The van der Waals surface area contributed by atoms with Crippen LogP contribution in [-0.4, -0.2) is 39.1 Å². The van der Waals surface area contributed by atoms with E-state index in [-0.39, 0.29) is 5.41 Å². The second-order valence-corrected chi connectivity index (χ2v) is 11.3. The van der Waals surface area contributed by atoms with Crippen LogP contribution in [-0.2, 0) is 15.4 Å². The van der Waals surface area contributed by atoms with Gasteiger partial charge in [0.15, 0.2) is 0 Å². The van der Waals surface area contributed by atoms with Gasteiger partial charge in [-0.25, -0.2) is 13.2 Å². The lowest BCUT2D eigenvalue weighted by molar-refractivity contribution is 0.178. The van der Waals surface area contributed by atoms with Crippen molar-refractivity contribution in [3.8, 4) is 16.9 Å². The van der Waals surface area contributed by atoms with Crippen LogP contribution in [0.5, 0.6) is 5.75 Å². The number of fused-ring (bicyclic) bond motifs is 1. The van der Waals surface area contributed by atoms with E-state index in [0.717, 1.165) is 33.7 Å². The first-order valence-electron chi connectivity index (χ1n) is 11.1. The van der Waals surface area contributed by atoms with Crippen molar-refractivity contribution in [2.75, 3.05) is 23.0 Å². The van der Waals surface area contributed by atoms with Gasteiger partial charge >= 0.3 is 6.03 Å². The van der Waals surface area contributed by atoms with E-state index in [1.807, 2.05) is 36.4 Å². The number of anilines is 2. The monoisotopic (exact) mass is 495 g/mol. The van der Waals surface area contributed by atoms with E-state index < -0.39 is 22.3 Å². The molecule has 1 atom stereocenters. The lowest BCUT2D eigenvalue weighted by atomic mass is 9.83. The Kier molecular flexibility index (Phi) is 6.25. The molecule has 3 N–H and O–H groups in total. The number of urea groups is 1. The van der Waals surface area contributed by atoms with Gasteiger partial charge in [0.1, 0.15) is 12.0 Å². The Labute approximate surface area is 205 Å². The molecule has 8 nitrogen and oxygen atoms in total. The minimum absolute atomic E-state index is 0.283. The van der Waals surface area contributed by atoms with Crippen LogP contribution < -0.4 is 19.7 Å². The summed E-state index contributed by atoms with van der Waals surface area (Å²) in [7, 11) is -1.75. The predicted octanol–water partition coefficient (Wildman–Crippen LogP) is 4.55. The van der Waals surface area contributed by atoms with E-state index >= 15 is 0 Å². The van der Waals surface area contributed by atoms with E-state index in [0.29, 0.717) is 17.1 Å². The van der Waals surface area contributed by atoms with Crippen molar-refractivity contribution in [3.05, 3.63) is 66.4 Å². The molecule has 184 valence electrons. The molecule has 3 aromatic carbocycles. The molecule has 0 spiro atoms. The van der Waals surface area contributed by atoms with Gasteiger partial charge in [0.05, 0.1) is 19.1 Å². The highest BCUT2D eigenvalue weighted by atomic mass is 32.2. The quantitative estimate of drug-likeness (QED) is 0.481. The maximum atomic E-state index is 12.6. The van der Waals surface area contributed by atoms with Crippen molar-refractivity contribution < 1.29 is 23.1 Å². The number of hydrogen-bond acceptors (Lipinski definition) is 5. The summed E-state index contributed by atoms with van der Waals surface area (Å²) >= 11 is 0. The van der Waals surface area contributed by atoms with E-state index in [9.17, 15) is 18.3 Å². The zero-order chi connectivity index (χ0) is 25.5. The van der Waals surface area contributed by atoms with Crippen LogP contribution in [0.25, 0.3) is 21.9 Å². The smallest absolute Gasteiger partial charge is 0.328 e. The van der Waals surface area contributed by atoms with Gasteiger partial charge in [0, 0.05) is 23.0 Å². The fraction of sp³-hybridized carbons (Fsp3) is 0.269. The lowest BCUT2D eigenvalue weighted by Crippen LogP contribution is -2.45. The summed E-state index contributed by atoms with van der Waals surface area (Å²) in [4.78, 5) is 14.1. The van der Waals surface area contributed by atoms with E-state index in [1.54, 1.807) is 25.4 Å². The molecule has 0 saturated heterocycles. The molecule has 9 heteroatoms. The minimum atomic E-state index is -3.37. The first kappa shape index (κ1) is 24.6. The largest absolute Gasteiger partial charge is 0.496 e. The van der Waals surface area contributed by atoms with Crippen molar-refractivity contribution in [2.45, 2.75) is 32.4 Å². The Morgan fingerprint density at radius 2 is 1.74 bits per heavy atom. The summed E-state index contributed by atoms with van der Waals surface area (Å²) < 4.78 is 31.5. The number of hydrogen-bond donors (Lipinski definition) is 3. The van der Waals surface area contributed by atoms with Gasteiger partial charge in [-0.15, -0.1) is 0 Å². The molecule has 1 aliphatic heterocycles. The summed E-state index contributed by atoms with van der Waals surface area (Å²) in [5.74, 6) is 0.706. The summed E-state index contributed by atoms with van der Waals surface area (Å²) in [6.07, 6.45) is 3.14. The number of amides is 2. The predicted molar refractivity (Wildman–Crippen MR) is 139 cm³/mol. The zero-order valence-corrected chi connectivity index (χ0v) is 21.1. The molecule has 0 radical (unpaired) electrons. The Morgan fingerprint density at radius 1 is 1.06 bits per heavy atom. The number of aliphatic hydroxyl groups excluding tert-OH is 1. The second kappa shape index (κ2) is 8.90. The molecule has 0 aliphatic carbocycles. The first-order chi connectivity index (χ1) is 16.4. The van der Waals surface area contributed by atoms with Gasteiger partial charge in [-0.2, -0.15) is 0 Å². The Bertz CT molecular complexity index is 1440. The summed E-state index contributed by atoms with van der Waals surface area (Å²) in [6.45, 7) is 6.22. The van der Waals surface area contributed by atoms with Crippen LogP contribution >= 0.6 is 0 Å². The lowest BCUT2D eigenvalue weighted by Gasteiger charge is -2.30. The van der Waals surface area contributed by atoms with Crippen LogP contribution in [0.15, 0.2) is 60.8 Å². The molecule has 1 unspecified atom stereocenters. The highest BCUT2D eigenvalue weighted by Gasteiger charge is 2.27. The van der Waals surface area contributed by atoms with Crippen molar-refractivity contribution in [2.24, 2.45) is 0 Å². The van der Waals surface area contributed by atoms with Crippen LogP contribution in [0.2, 0.25) is 0 Å². The summed E-state index contributed by atoms with van der Waals surface area (Å²) in [6, 6.07) is 14.6. The number of carbonyl (C=O) groups excluding carboxylic acids is 1. The fourth-order valence-electron chi connectivity index (χ4n) is 4.12.